The van der Waals surface area contributed by atoms with Crippen molar-refractivity contribution in [2.75, 3.05) is 29.4 Å². The van der Waals surface area contributed by atoms with Gasteiger partial charge in [-0.05, 0) is 80.9 Å². The molecule has 0 aromatic heterocycles. The molecule has 0 N–H and O–H groups in total. The van der Waals surface area contributed by atoms with E-state index in [2.05, 4.69) is 21.9 Å². The Morgan fingerprint density at radius 2 is 1.59 bits per heavy atom. The maximum Gasteiger partial charge on any atom is 0.428 e. The predicted molar refractivity (Wildman–Crippen MR) is 142 cm³/mol. The molecule has 2 aliphatic heterocycles. The van der Waals surface area contributed by atoms with E-state index >= 15 is 0 Å². The third kappa shape index (κ3) is 5.24. The summed E-state index contributed by atoms with van der Waals surface area (Å²) in [6, 6.07) is 16.2. The van der Waals surface area contributed by atoms with Crippen molar-refractivity contribution in [2.45, 2.75) is 52.1 Å². The van der Waals surface area contributed by atoms with Gasteiger partial charge < -0.3 is 19.1 Å². The molecular formula is C28H32N3O5S-. The molecule has 196 valence electrons. The Balaban J connectivity index is 1.58. The van der Waals surface area contributed by atoms with Crippen LogP contribution in [0.25, 0.3) is 0 Å². The Kier molecular flexibility index (Phi) is 6.53. The molecule has 9 heteroatoms. The second-order valence-corrected chi connectivity index (χ2v) is 11.9. The van der Waals surface area contributed by atoms with Gasteiger partial charge in [-0.3, -0.25) is 0 Å². The van der Waals surface area contributed by atoms with E-state index in [9.17, 15) is 17.8 Å². The van der Waals surface area contributed by atoms with Crippen LogP contribution in [0.2, 0.25) is 0 Å². The molecule has 2 heterocycles. The average molecular weight is 523 g/mol. The van der Waals surface area contributed by atoms with Gasteiger partial charge in [-0.15, -0.1) is 0 Å². The van der Waals surface area contributed by atoms with Crippen LogP contribution < -0.4 is 9.80 Å². The van der Waals surface area contributed by atoms with Gasteiger partial charge in [0.25, 0.3) is 0 Å². The Morgan fingerprint density at radius 3 is 2.27 bits per heavy atom. The molecule has 1 aliphatic carbocycles. The highest BCUT2D eigenvalue weighted by atomic mass is 32.2. The van der Waals surface area contributed by atoms with Gasteiger partial charge in [-0.1, -0.05) is 36.4 Å². The highest BCUT2D eigenvalue weighted by molar-refractivity contribution is 7.84. The van der Waals surface area contributed by atoms with Crippen molar-refractivity contribution in [3.63, 3.8) is 0 Å². The highest BCUT2D eigenvalue weighted by Gasteiger charge is 2.37. The van der Waals surface area contributed by atoms with Crippen LogP contribution in [0.3, 0.4) is 0 Å². The summed E-state index contributed by atoms with van der Waals surface area (Å²) in [5, 5.41) is 0. The highest BCUT2D eigenvalue weighted by Crippen LogP contribution is 2.40. The minimum atomic E-state index is -5.20. The topological polar surface area (TPSA) is 93.2 Å². The van der Waals surface area contributed by atoms with E-state index in [0.717, 1.165) is 42.9 Å². The maximum absolute atomic E-state index is 13.2. The van der Waals surface area contributed by atoms with Crippen LogP contribution in [-0.4, -0.2) is 48.6 Å². The number of hydrogen-bond acceptors (Lipinski definition) is 7. The van der Waals surface area contributed by atoms with E-state index in [0.29, 0.717) is 29.3 Å². The third-order valence-electron chi connectivity index (χ3n) is 6.92. The van der Waals surface area contributed by atoms with Crippen LogP contribution in [0.5, 0.6) is 0 Å². The monoisotopic (exact) mass is 522 g/mol. The number of anilines is 2. The van der Waals surface area contributed by atoms with Gasteiger partial charge in [0.2, 0.25) is 0 Å². The number of carbonyl (C=O) groups is 1. The Morgan fingerprint density at radius 1 is 0.973 bits per heavy atom. The number of fused-ring (bicyclic) bond motifs is 2. The molecule has 0 unspecified atom stereocenters. The first kappa shape index (κ1) is 25.4. The second kappa shape index (κ2) is 9.54. The predicted octanol–water partition coefficient (Wildman–Crippen LogP) is 4.74. The van der Waals surface area contributed by atoms with Gasteiger partial charge in [0.05, 0.1) is 5.70 Å². The number of rotatable bonds is 5. The van der Waals surface area contributed by atoms with Crippen LogP contribution in [0.15, 0.2) is 71.6 Å². The summed E-state index contributed by atoms with van der Waals surface area (Å²) in [4.78, 5) is 17.4. The number of ether oxygens (including phenoxy) is 1. The fourth-order valence-electron chi connectivity index (χ4n) is 5.39. The fraction of sp³-hybridized carbons (Fsp3) is 0.393. The molecule has 5 rings (SSSR count). The zero-order valence-corrected chi connectivity index (χ0v) is 22.3. The zero-order chi connectivity index (χ0) is 26.4. The van der Waals surface area contributed by atoms with Crippen LogP contribution in [0.4, 0.5) is 16.2 Å². The molecule has 3 aliphatic rings. The Labute approximate surface area is 218 Å². The normalized spacial score (nSPS) is 18.4. The van der Waals surface area contributed by atoms with Gasteiger partial charge in [0, 0.05) is 37.2 Å². The standard InChI is InChI=1S/C28H33N3O5S/c1-28(2,3)36-27(32)31(37(33,34)35)26-22(18-29-16-14-20-8-4-6-10-24(20)29)12-13-23(26)19-30-17-15-21-9-5-7-11-25(21)30/h4-11,18H,12-17,19H2,1-3H3,(H,33,34,35)/p-1/b22-18+. The summed E-state index contributed by atoms with van der Waals surface area (Å²) >= 11 is 0. The summed E-state index contributed by atoms with van der Waals surface area (Å²) in [6.07, 6.45) is 3.55. The van der Waals surface area contributed by atoms with Gasteiger partial charge in [-0.25, -0.2) is 13.2 Å². The molecule has 0 saturated heterocycles. The van der Waals surface area contributed by atoms with Crippen LogP contribution in [-0.2, 0) is 27.9 Å². The fourth-order valence-corrected chi connectivity index (χ4v) is 6.08. The molecule has 2 aromatic rings. The number of hydrogen-bond donors (Lipinski definition) is 0. The lowest BCUT2D eigenvalue weighted by molar-refractivity contribution is 0.0420. The van der Waals surface area contributed by atoms with Crippen molar-refractivity contribution in [2.24, 2.45) is 0 Å². The number of nitrogens with zero attached hydrogens (tertiary/aromatic N) is 3. The van der Waals surface area contributed by atoms with Crippen molar-refractivity contribution in [3.8, 4) is 0 Å². The van der Waals surface area contributed by atoms with Crippen molar-refractivity contribution in [1.82, 2.24) is 4.31 Å². The smallest absolute Gasteiger partial charge is 0.428 e. The van der Waals surface area contributed by atoms with Gasteiger partial charge in [0.1, 0.15) is 5.60 Å². The van der Waals surface area contributed by atoms with Crippen LogP contribution in [0, 0.1) is 0 Å². The summed E-state index contributed by atoms with van der Waals surface area (Å²) in [6.45, 7) is 6.87. The second-order valence-electron chi connectivity index (χ2n) is 10.7. The largest absolute Gasteiger partial charge is 0.730 e. The quantitative estimate of drug-likeness (QED) is 0.524. The number of carbonyl (C=O) groups excluding carboxylic acids is 1. The van der Waals surface area contributed by atoms with E-state index in [1.807, 2.05) is 42.6 Å². The average Bonchev–Trinajstić information content (AvgIpc) is 3.52. The van der Waals surface area contributed by atoms with E-state index in [-0.39, 0.29) is 5.70 Å². The summed E-state index contributed by atoms with van der Waals surface area (Å²) in [5.41, 5.74) is 5.14. The molecule has 0 saturated carbocycles. The first-order valence-electron chi connectivity index (χ1n) is 12.6. The summed E-state index contributed by atoms with van der Waals surface area (Å²) in [7, 11) is -5.20. The molecule has 0 fully saturated rings. The SMILES string of the molecule is CC(C)(C)OC(=O)N(C1=C(CN2CCc3ccccc32)CC/C1=C\N1CCc2ccccc21)S(=O)(=O)[O-]. The van der Waals surface area contributed by atoms with Gasteiger partial charge in [0.15, 0.2) is 10.3 Å². The molecule has 37 heavy (non-hydrogen) atoms. The van der Waals surface area contributed by atoms with Gasteiger partial charge >= 0.3 is 6.09 Å². The summed E-state index contributed by atoms with van der Waals surface area (Å²) < 4.78 is 43.5. The van der Waals surface area contributed by atoms with E-state index in [4.69, 9.17) is 4.74 Å². The number of benzene rings is 2. The van der Waals surface area contributed by atoms with Gasteiger partial charge in [-0.2, -0.15) is 4.31 Å². The van der Waals surface area contributed by atoms with Crippen molar-refractivity contribution in [3.05, 3.63) is 82.7 Å². The van der Waals surface area contributed by atoms with Crippen molar-refractivity contribution in [1.29, 1.82) is 0 Å². The van der Waals surface area contributed by atoms with Crippen LogP contribution in [0.1, 0.15) is 44.7 Å². The van der Waals surface area contributed by atoms with Crippen molar-refractivity contribution >= 4 is 27.8 Å². The molecule has 1 amide bonds. The zero-order valence-electron chi connectivity index (χ0n) is 21.4. The molecular weight excluding hydrogens is 490 g/mol. The molecule has 2 aromatic carbocycles. The van der Waals surface area contributed by atoms with Crippen LogP contribution >= 0.6 is 0 Å². The minimum absolute atomic E-state index is 0.151. The maximum atomic E-state index is 13.2. The lowest BCUT2D eigenvalue weighted by Crippen LogP contribution is -2.41. The van der Waals surface area contributed by atoms with E-state index < -0.39 is 22.0 Å². The summed E-state index contributed by atoms with van der Waals surface area (Å²) in [5.74, 6) is 0. The number of para-hydroxylation sites is 2. The lowest BCUT2D eigenvalue weighted by Gasteiger charge is -2.32. The first-order chi connectivity index (χ1) is 17.5. The molecule has 8 nitrogen and oxygen atoms in total. The Bertz CT molecular complexity index is 1390. The first-order valence-corrected chi connectivity index (χ1v) is 14.0. The molecule has 0 radical (unpaired) electrons. The minimum Gasteiger partial charge on any atom is -0.730 e. The lowest BCUT2D eigenvalue weighted by atomic mass is 10.1. The number of amides is 1. The molecule has 0 bridgehead atoms. The Hall–Kier alpha value is -3.30. The molecule has 0 spiro atoms. The third-order valence-corrected chi connectivity index (χ3v) is 7.70. The van der Waals surface area contributed by atoms with E-state index in [1.54, 1.807) is 20.8 Å². The van der Waals surface area contributed by atoms with Crippen molar-refractivity contribution < 1.29 is 22.5 Å². The van der Waals surface area contributed by atoms with E-state index in [1.165, 1.54) is 11.1 Å². The number of allylic oxidation sites excluding steroid dienone is 1. The molecule has 0 atom stereocenters.